The van der Waals surface area contributed by atoms with Gasteiger partial charge in [-0.05, 0) is 12.1 Å². The smallest absolute Gasteiger partial charge is 0.141 e. The average Bonchev–Trinajstić information content (AvgIpc) is 2.30. The molecule has 0 saturated heterocycles. The maximum Gasteiger partial charge on any atom is 0.141 e. The molecule has 0 saturated carbocycles. The van der Waals surface area contributed by atoms with Gasteiger partial charge < -0.3 is 5.73 Å². The van der Waals surface area contributed by atoms with Crippen molar-refractivity contribution in [2.75, 3.05) is 5.73 Å². The molecule has 0 fully saturated rings. The third kappa shape index (κ3) is 1.92. The summed E-state index contributed by atoms with van der Waals surface area (Å²) >= 11 is 0. The summed E-state index contributed by atoms with van der Waals surface area (Å²) in [6.45, 7) is 0. The minimum Gasteiger partial charge on any atom is -0.382 e. The van der Waals surface area contributed by atoms with Gasteiger partial charge in [0, 0.05) is 5.56 Å². The van der Waals surface area contributed by atoms with Gasteiger partial charge in [0.05, 0.1) is 29.7 Å². The van der Waals surface area contributed by atoms with Crippen LogP contribution >= 0.6 is 0 Å². The van der Waals surface area contributed by atoms with Crippen LogP contribution in [0.2, 0.25) is 0 Å². The normalized spacial score (nSPS) is 9.53. The molecule has 0 aliphatic carbocycles. The predicted octanol–water partition coefficient (Wildman–Crippen LogP) is 1.60. The van der Waals surface area contributed by atoms with Crippen LogP contribution in [0.25, 0.3) is 11.3 Å². The largest absolute Gasteiger partial charge is 0.382 e. The Balaban J connectivity index is 2.46. The van der Waals surface area contributed by atoms with Crippen molar-refractivity contribution in [3.63, 3.8) is 0 Å². The fourth-order valence-corrected chi connectivity index (χ4v) is 1.24. The monoisotopic (exact) mass is 196 g/mol. The Morgan fingerprint density at radius 3 is 2.73 bits per heavy atom. The SMILES string of the molecule is N#Cc1cccc(-c2cnc(N)cn2)c1. The van der Waals surface area contributed by atoms with E-state index in [4.69, 9.17) is 11.0 Å². The minimum absolute atomic E-state index is 0.384. The zero-order chi connectivity index (χ0) is 10.7. The van der Waals surface area contributed by atoms with Crippen molar-refractivity contribution in [2.24, 2.45) is 0 Å². The second-order valence-corrected chi connectivity index (χ2v) is 3.02. The van der Waals surface area contributed by atoms with Crippen LogP contribution in [0.3, 0.4) is 0 Å². The summed E-state index contributed by atoms with van der Waals surface area (Å²) in [5.41, 5.74) is 7.61. The summed E-state index contributed by atoms with van der Waals surface area (Å²) in [5, 5.41) is 8.75. The highest BCUT2D eigenvalue weighted by Crippen LogP contribution is 2.17. The first-order valence-corrected chi connectivity index (χ1v) is 4.37. The quantitative estimate of drug-likeness (QED) is 0.751. The van der Waals surface area contributed by atoms with Gasteiger partial charge in [-0.1, -0.05) is 12.1 Å². The summed E-state index contributed by atoms with van der Waals surface area (Å²) in [6.07, 6.45) is 3.08. The highest BCUT2D eigenvalue weighted by molar-refractivity contribution is 5.60. The van der Waals surface area contributed by atoms with Crippen molar-refractivity contribution < 1.29 is 0 Å². The number of rotatable bonds is 1. The molecular weight excluding hydrogens is 188 g/mol. The first-order chi connectivity index (χ1) is 7.29. The molecule has 72 valence electrons. The van der Waals surface area contributed by atoms with Crippen LogP contribution in [0, 0.1) is 11.3 Å². The molecule has 1 aromatic carbocycles. The van der Waals surface area contributed by atoms with E-state index in [0.29, 0.717) is 17.1 Å². The van der Waals surface area contributed by atoms with Crippen molar-refractivity contribution in [1.82, 2.24) is 9.97 Å². The van der Waals surface area contributed by atoms with Crippen molar-refractivity contribution in [3.05, 3.63) is 42.2 Å². The summed E-state index contributed by atoms with van der Waals surface area (Å²) in [5.74, 6) is 0.384. The van der Waals surface area contributed by atoms with Gasteiger partial charge in [-0.25, -0.2) is 4.98 Å². The molecule has 2 rings (SSSR count). The van der Waals surface area contributed by atoms with E-state index < -0.39 is 0 Å². The van der Waals surface area contributed by atoms with E-state index in [2.05, 4.69) is 16.0 Å². The number of benzene rings is 1. The topological polar surface area (TPSA) is 75.6 Å². The van der Waals surface area contributed by atoms with E-state index in [0.717, 1.165) is 5.56 Å². The lowest BCUT2D eigenvalue weighted by molar-refractivity contribution is 1.21. The molecule has 0 amide bonds. The Hall–Kier alpha value is -2.41. The number of nitriles is 1. The molecule has 0 atom stereocenters. The average molecular weight is 196 g/mol. The Morgan fingerprint density at radius 2 is 2.07 bits per heavy atom. The molecule has 1 aromatic heterocycles. The van der Waals surface area contributed by atoms with Gasteiger partial charge in [0.25, 0.3) is 0 Å². The van der Waals surface area contributed by atoms with Crippen LogP contribution < -0.4 is 5.73 Å². The Labute approximate surface area is 87.0 Å². The molecule has 0 aliphatic heterocycles. The van der Waals surface area contributed by atoms with E-state index in [1.54, 1.807) is 18.3 Å². The van der Waals surface area contributed by atoms with Gasteiger partial charge in [-0.2, -0.15) is 5.26 Å². The molecule has 0 radical (unpaired) electrons. The molecule has 4 nitrogen and oxygen atoms in total. The van der Waals surface area contributed by atoms with Crippen LogP contribution in [0.4, 0.5) is 5.82 Å². The van der Waals surface area contributed by atoms with E-state index in [-0.39, 0.29) is 0 Å². The molecule has 0 bridgehead atoms. The molecule has 2 N–H and O–H groups in total. The number of aromatic nitrogens is 2. The second-order valence-electron chi connectivity index (χ2n) is 3.02. The molecule has 2 aromatic rings. The predicted molar refractivity (Wildman–Crippen MR) is 56.6 cm³/mol. The summed E-state index contributed by atoms with van der Waals surface area (Å²) in [4.78, 5) is 8.07. The lowest BCUT2D eigenvalue weighted by atomic mass is 10.1. The minimum atomic E-state index is 0.384. The van der Waals surface area contributed by atoms with Crippen molar-refractivity contribution >= 4 is 5.82 Å². The van der Waals surface area contributed by atoms with E-state index in [1.807, 2.05) is 12.1 Å². The number of nitrogens with zero attached hydrogens (tertiary/aromatic N) is 3. The van der Waals surface area contributed by atoms with Crippen molar-refractivity contribution in [2.45, 2.75) is 0 Å². The zero-order valence-electron chi connectivity index (χ0n) is 7.88. The molecule has 1 heterocycles. The first kappa shape index (κ1) is 9.16. The Bertz CT molecular complexity index is 511. The van der Waals surface area contributed by atoms with Gasteiger partial charge in [-0.15, -0.1) is 0 Å². The van der Waals surface area contributed by atoms with Crippen LogP contribution in [0.5, 0.6) is 0 Å². The van der Waals surface area contributed by atoms with Gasteiger partial charge in [0.2, 0.25) is 0 Å². The lowest BCUT2D eigenvalue weighted by Crippen LogP contribution is -1.92. The van der Waals surface area contributed by atoms with Crippen LogP contribution in [-0.4, -0.2) is 9.97 Å². The third-order valence-corrected chi connectivity index (χ3v) is 1.96. The van der Waals surface area contributed by atoms with Gasteiger partial charge >= 0.3 is 0 Å². The molecule has 15 heavy (non-hydrogen) atoms. The summed E-state index contributed by atoms with van der Waals surface area (Å²) in [6, 6.07) is 9.27. The molecular formula is C11H8N4. The zero-order valence-corrected chi connectivity index (χ0v) is 7.88. The molecule has 0 aliphatic rings. The summed E-state index contributed by atoms with van der Waals surface area (Å²) < 4.78 is 0. The van der Waals surface area contributed by atoms with Gasteiger partial charge in [-0.3, -0.25) is 4.98 Å². The highest BCUT2D eigenvalue weighted by atomic mass is 14.9. The number of nitrogen functional groups attached to an aromatic ring is 1. The third-order valence-electron chi connectivity index (χ3n) is 1.96. The van der Waals surface area contributed by atoms with Crippen LogP contribution in [-0.2, 0) is 0 Å². The standard InChI is InChI=1S/C11H8N4/c12-5-8-2-1-3-9(4-8)10-6-15-11(13)7-14-10/h1-4,6-7H,(H2,13,15). The van der Waals surface area contributed by atoms with E-state index in [9.17, 15) is 0 Å². The Morgan fingerprint density at radius 1 is 1.20 bits per heavy atom. The van der Waals surface area contributed by atoms with E-state index >= 15 is 0 Å². The van der Waals surface area contributed by atoms with Crippen LogP contribution in [0.1, 0.15) is 5.56 Å². The number of nitrogens with two attached hydrogens (primary N) is 1. The maximum absolute atomic E-state index is 8.75. The fraction of sp³-hybridized carbons (Fsp3) is 0. The highest BCUT2D eigenvalue weighted by Gasteiger charge is 2.00. The number of hydrogen-bond donors (Lipinski definition) is 1. The van der Waals surface area contributed by atoms with Crippen molar-refractivity contribution in [1.29, 1.82) is 5.26 Å². The maximum atomic E-state index is 8.75. The summed E-state index contributed by atoms with van der Waals surface area (Å²) in [7, 11) is 0. The number of hydrogen-bond acceptors (Lipinski definition) is 4. The molecule has 4 heteroatoms. The molecule has 0 spiro atoms. The van der Waals surface area contributed by atoms with Gasteiger partial charge in [0.1, 0.15) is 5.82 Å². The first-order valence-electron chi connectivity index (χ1n) is 4.37. The van der Waals surface area contributed by atoms with Gasteiger partial charge in [0.15, 0.2) is 0 Å². The van der Waals surface area contributed by atoms with Crippen molar-refractivity contribution in [3.8, 4) is 17.3 Å². The lowest BCUT2D eigenvalue weighted by Gasteiger charge is -2.00. The number of anilines is 1. The fourth-order valence-electron chi connectivity index (χ4n) is 1.24. The second kappa shape index (κ2) is 3.76. The van der Waals surface area contributed by atoms with E-state index in [1.165, 1.54) is 6.20 Å². The Kier molecular flexibility index (Phi) is 2.30. The van der Waals surface area contributed by atoms with Crippen LogP contribution in [0.15, 0.2) is 36.7 Å². The molecule has 0 unspecified atom stereocenters.